The molecule has 0 unspecified atom stereocenters. The number of carbonyl (C=O) groups excluding carboxylic acids is 1. The van der Waals surface area contributed by atoms with Crippen molar-refractivity contribution in [1.29, 1.82) is 0 Å². The maximum absolute atomic E-state index is 12.0. The molecule has 0 saturated heterocycles. The van der Waals surface area contributed by atoms with E-state index in [1.165, 1.54) is 31.4 Å². The summed E-state index contributed by atoms with van der Waals surface area (Å²) >= 11 is 0. The number of anilines is 1. The number of benzene rings is 2. The first kappa shape index (κ1) is 17.5. The van der Waals surface area contributed by atoms with Gasteiger partial charge in [0.25, 0.3) is 0 Å². The Balaban J connectivity index is 1.79. The van der Waals surface area contributed by atoms with Crippen LogP contribution in [0.4, 0.5) is 14.5 Å². The minimum Gasteiger partial charge on any atom is -0.493 e. The summed E-state index contributed by atoms with van der Waals surface area (Å²) in [6, 6.07) is 12.8. The maximum Gasteiger partial charge on any atom is 0.387 e. The lowest BCUT2D eigenvalue weighted by atomic mass is 10.3. The van der Waals surface area contributed by atoms with Crippen LogP contribution in [0.5, 0.6) is 17.2 Å². The van der Waals surface area contributed by atoms with Crippen molar-refractivity contribution in [3.8, 4) is 17.2 Å². The molecule has 0 radical (unpaired) electrons. The second-order valence-corrected chi connectivity index (χ2v) is 4.70. The molecule has 1 N–H and O–H groups in total. The predicted molar refractivity (Wildman–Crippen MR) is 84.8 cm³/mol. The normalized spacial score (nSPS) is 10.3. The van der Waals surface area contributed by atoms with Crippen LogP contribution in [0.2, 0.25) is 0 Å². The zero-order valence-electron chi connectivity index (χ0n) is 13.0. The molecule has 128 valence electrons. The molecule has 0 atom stereocenters. The van der Waals surface area contributed by atoms with Gasteiger partial charge in [0.05, 0.1) is 20.1 Å². The Morgan fingerprint density at radius 1 is 1.08 bits per heavy atom. The highest BCUT2D eigenvalue weighted by Gasteiger charge is 2.07. The molecule has 0 aliphatic heterocycles. The molecule has 2 aromatic rings. The average molecular weight is 337 g/mol. The fraction of sp³-hybridized carbons (Fsp3) is 0.235. The third-order valence-electron chi connectivity index (χ3n) is 3.02. The Kier molecular flexibility index (Phi) is 6.36. The number of amides is 1. The van der Waals surface area contributed by atoms with Crippen LogP contribution < -0.4 is 19.5 Å². The second-order valence-electron chi connectivity index (χ2n) is 4.70. The van der Waals surface area contributed by atoms with Crippen molar-refractivity contribution in [3.05, 3.63) is 48.5 Å². The number of hydrogen-bond donors (Lipinski definition) is 1. The summed E-state index contributed by atoms with van der Waals surface area (Å²) in [4.78, 5) is 11.8. The number of alkyl halides is 2. The minimum atomic E-state index is -2.88. The largest absolute Gasteiger partial charge is 0.493 e. The molecule has 5 nitrogen and oxygen atoms in total. The van der Waals surface area contributed by atoms with Gasteiger partial charge < -0.3 is 19.5 Å². The molecular formula is C17H17F2NO4. The highest BCUT2D eigenvalue weighted by molar-refractivity contribution is 5.90. The summed E-state index contributed by atoms with van der Waals surface area (Å²) in [5.74, 6) is 0.920. The van der Waals surface area contributed by atoms with E-state index >= 15 is 0 Å². The van der Waals surface area contributed by atoms with Gasteiger partial charge in [-0.3, -0.25) is 4.79 Å². The Morgan fingerprint density at radius 2 is 1.75 bits per heavy atom. The van der Waals surface area contributed by atoms with Crippen molar-refractivity contribution >= 4 is 11.6 Å². The summed E-state index contributed by atoms with van der Waals surface area (Å²) in [7, 11) is 1.54. The molecule has 24 heavy (non-hydrogen) atoms. The number of rotatable bonds is 8. The zero-order chi connectivity index (χ0) is 17.4. The smallest absolute Gasteiger partial charge is 0.387 e. The summed E-state index contributed by atoms with van der Waals surface area (Å²) in [5.41, 5.74) is 0.485. The van der Waals surface area contributed by atoms with Gasteiger partial charge in [0.15, 0.2) is 11.5 Å². The monoisotopic (exact) mass is 337 g/mol. The van der Waals surface area contributed by atoms with E-state index in [1.54, 1.807) is 18.2 Å². The quantitative estimate of drug-likeness (QED) is 0.798. The van der Waals surface area contributed by atoms with Crippen LogP contribution in [0.15, 0.2) is 48.5 Å². The molecule has 2 aromatic carbocycles. The first-order valence-corrected chi connectivity index (χ1v) is 7.19. The van der Waals surface area contributed by atoms with Gasteiger partial charge in [-0.05, 0) is 36.4 Å². The lowest BCUT2D eigenvalue weighted by Gasteiger charge is -2.10. The van der Waals surface area contributed by atoms with E-state index in [4.69, 9.17) is 9.47 Å². The van der Waals surface area contributed by atoms with Gasteiger partial charge in [-0.1, -0.05) is 12.1 Å². The SMILES string of the molecule is COc1ccccc1OCCC(=O)Nc1ccc(OC(F)F)cc1. The molecule has 0 bridgehead atoms. The standard InChI is InChI=1S/C17H17F2NO4/c1-22-14-4-2-3-5-15(14)23-11-10-16(21)20-12-6-8-13(9-7-12)24-17(18)19/h2-9,17H,10-11H2,1H3,(H,20,21). The van der Waals surface area contributed by atoms with Gasteiger partial charge in [0, 0.05) is 5.69 Å². The van der Waals surface area contributed by atoms with Crippen LogP contribution in [-0.2, 0) is 4.79 Å². The molecule has 7 heteroatoms. The van der Waals surface area contributed by atoms with E-state index in [1.807, 2.05) is 6.07 Å². The van der Waals surface area contributed by atoms with Gasteiger partial charge >= 0.3 is 6.61 Å². The van der Waals surface area contributed by atoms with Crippen LogP contribution in [0.1, 0.15) is 6.42 Å². The molecule has 1 amide bonds. The van der Waals surface area contributed by atoms with Gasteiger partial charge in [-0.2, -0.15) is 8.78 Å². The van der Waals surface area contributed by atoms with Crippen LogP contribution in [-0.4, -0.2) is 26.2 Å². The number of carbonyl (C=O) groups is 1. The molecule has 0 spiro atoms. The molecule has 2 rings (SSSR count). The van der Waals surface area contributed by atoms with Gasteiger partial charge in [0.2, 0.25) is 5.91 Å². The summed E-state index contributed by atoms with van der Waals surface area (Å²) in [6.45, 7) is -2.70. The summed E-state index contributed by atoms with van der Waals surface area (Å²) in [5, 5.41) is 2.64. The number of para-hydroxylation sites is 2. The number of hydrogen-bond acceptors (Lipinski definition) is 4. The van der Waals surface area contributed by atoms with Crippen LogP contribution in [0.3, 0.4) is 0 Å². The van der Waals surface area contributed by atoms with E-state index in [2.05, 4.69) is 10.1 Å². The highest BCUT2D eigenvalue weighted by Crippen LogP contribution is 2.25. The third-order valence-corrected chi connectivity index (χ3v) is 3.02. The van der Waals surface area contributed by atoms with Crippen molar-refractivity contribution in [3.63, 3.8) is 0 Å². The first-order valence-electron chi connectivity index (χ1n) is 7.19. The van der Waals surface area contributed by atoms with Crippen molar-refractivity contribution in [2.45, 2.75) is 13.0 Å². The van der Waals surface area contributed by atoms with Crippen molar-refractivity contribution in [1.82, 2.24) is 0 Å². The number of halogens is 2. The van der Waals surface area contributed by atoms with Crippen LogP contribution in [0, 0.1) is 0 Å². The zero-order valence-corrected chi connectivity index (χ0v) is 13.0. The predicted octanol–water partition coefficient (Wildman–Crippen LogP) is 3.70. The van der Waals surface area contributed by atoms with E-state index in [0.29, 0.717) is 17.2 Å². The van der Waals surface area contributed by atoms with Gasteiger partial charge in [-0.25, -0.2) is 0 Å². The Bertz CT molecular complexity index is 662. The van der Waals surface area contributed by atoms with Crippen LogP contribution in [0.25, 0.3) is 0 Å². The van der Waals surface area contributed by atoms with Gasteiger partial charge in [0.1, 0.15) is 5.75 Å². The van der Waals surface area contributed by atoms with E-state index in [-0.39, 0.29) is 24.7 Å². The molecule has 0 aliphatic carbocycles. The van der Waals surface area contributed by atoms with E-state index in [0.717, 1.165) is 0 Å². The third kappa shape index (κ3) is 5.42. The topological polar surface area (TPSA) is 56.8 Å². The number of nitrogens with one attached hydrogen (secondary N) is 1. The Hall–Kier alpha value is -2.83. The molecular weight excluding hydrogens is 320 g/mol. The van der Waals surface area contributed by atoms with Crippen molar-refractivity contribution < 1.29 is 27.8 Å². The van der Waals surface area contributed by atoms with Crippen LogP contribution >= 0.6 is 0 Å². The highest BCUT2D eigenvalue weighted by atomic mass is 19.3. The lowest BCUT2D eigenvalue weighted by Crippen LogP contribution is -2.15. The van der Waals surface area contributed by atoms with E-state index in [9.17, 15) is 13.6 Å². The van der Waals surface area contributed by atoms with Gasteiger partial charge in [-0.15, -0.1) is 0 Å². The average Bonchev–Trinajstić information content (AvgIpc) is 2.56. The molecule has 0 aliphatic rings. The minimum absolute atomic E-state index is 0.0301. The number of methoxy groups -OCH3 is 1. The molecule has 0 heterocycles. The van der Waals surface area contributed by atoms with Crippen molar-refractivity contribution in [2.75, 3.05) is 19.0 Å². The molecule has 0 saturated carbocycles. The fourth-order valence-corrected chi connectivity index (χ4v) is 1.93. The first-order chi connectivity index (χ1) is 11.6. The lowest BCUT2D eigenvalue weighted by molar-refractivity contribution is -0.116. The second kappa shape index (κ2) is 8.71. The summed E-state index contributed by atoms with van der Waals surface area (Å²) in [6.07, 6.45) is 0.132. The van der Waals surface area contributed by atoms with Crippen molar-refractivity contribution in [2.24, 2.45) is 0 Å². The maximum atomic E-state index is 12.0. The molecule has 0 fully saturated rings. The Labute approximate surface area is 138 Å². The fourth-order valence-electron chi connectivity index (χ4n) is 1.93. The Morgan fingerprint density at radius 3 is 2.38 bits per heavy atom. The number of ether oxygens (including phenoxy) is 3. The summed E-state index contributed by atoms with van der Waals surface area (Å²) < 4.78 is 39.0. The molecule has 0 aromatic heterocycles. The van der Waals surface area contributed by atoms with E-state index < -0.39 is 6.61 Å².